The summed E-state index contributed by atoms with van der Waals surface area (Å²) in [7, 11) is 0. The molecule has 6 heteroatoms. The first kappa shape index (κ1) is 14.4. The summed E-state index contributed by atoms with van der Waals surface area (Å²) in [6.45, 7) is -0.179. The lowest BCUT2D eigenvalue weighted by Crippen LogP contribution is -2.47. The highest BCUT2D eigenvalue weighted by atomic mass is 16.2. The maximum atomic E-state index is 12.5. The van der Waals surface area contributed by atoms with Crippen molar-refractivity contribution in [2.45, 2.75) is 44.1 Å². The Morgan fingerprint density at radius 3 is 2.55 bits per heavy atom. The van der Waals surface area contributed by atoms with Crippen LogP contribution in [0.2, 0.25) is 0 Å². The molecule has 0 atom stereocenters. The maximum absolute atomic E-state index is 12.5. The Balaban J connectivity index is 2.05. The number of carbonyl (C=O) groups excluding carboxylic acids is 3. The molecule has 20 heavy (non-hydrogen) atoms. The van der Waals surface area contributed by atoms with Crippen LogP contribution in [0.5, 0.6) is 0 Å². The van der Waals surface area contributed by atoms with Gasteiger partial charge in [0, 0.05) is 0 Å². The molecule has 2 rings (SSSR count). The number of carbonyl (C=O) groups is 3. The quantitative estimate of drug-likeness (QED) is 0.578. The van der Waals surface area contributed by atoms with Crippen LogP contribution in [0.25, 0.3) is 0 Å². The summed E-state index contributed by atoms with van der Waals surface area (Å²) in [6.07, 6.45) is 10.3. The molecule has 2 aliphatic rings. The molecule has 1 aliphatic heterocycles. The molecular formula is C14H19N3O3. The van der Waals surface area contributed by atoms with Crippen LogP contribution in [-0.2, 0) is 9.59 Å². The smallest absolute Gasteiger partial charge is 0.325 e. The van der Waals surface area contributed by atoms with E-state index in [-0.39, 0.29) is 19.0 Å². The van der Waals surface area contributed by atoms with Crippen molar-refractivity contribution in [3.63, 3.8) is 0 Å². The minimum Gasteiger partial charge on any atom is -0.344 e. The van der Waals surface area contributed by atoms with Gasteiger partial charge in [-0.15, -0.1) is 6.42 Å². The van der Waals surface area contributed by atoms with Gasteiger partial charge in [-0.2, -0.15) is 0 Å². The number of urea groups is 1. The predicted octanol–water partition coefficient (Wildman–Crippen LogP) is 0.381. The summed E-state index contributed by atoms with van der Waals surface area (Å²) in [6, 6.07) is -0.479. The van der Waals surface area contributed by atoms with Crippen molar-refractivity contribution in [3.8, 4) is 12.3 Å². The number of nitrogens with zero attached hydrogens (tertiary/aromatic N) is 1. The Bertz CT molecular complexity index is 459. The molecule has 1 saturated heterocycles. The van der Waals surface area contributed by atoms with Gasteiger partial charge in [0.2, 0.25) is 5.91 Å². The third-order valence-corrected chi connectivity index (χ3v) is 3.89. The molecule has 1 spiro atoms. The van der Waals surface area contributed by atoms with Crippen LogP contribution in [-0.4, -0.2) is 41.4 Å². The SMILES string of the molecule is C#CCNC(=O)CN1C(=O)NC2(CCCCCC2)C1=O. The van der Waals surface area contributed by atoms with E-state index in [0.717, 1.165) is 30.6 Å². The van der Waals surface area contributed by atoms with E-state index in [1.807, 2.05) is 0 Å². The zero-order valence-corrected chi connectivity index (χ0v) is 11.4. The van der Waals surface area contributed by atoms with E-state index in [9.17, 15) is 14.4 Å². The molecule has 0 bridgehead atoms. The van der Waals surface area contributed by atoms with E-state index in [4.69, 9.17) is 6.42 Å². The van der Waals surface area contributed by atoms with E-state index in [0.29, 0.717) is 12.8 Å². The highest BCUT2D eigenvalue weighted by molar-refractivity contribution is 6.09. The van der Waals surface area contributed by atoms with Crippen LogP contribution >= 0.6 is 0 Å². The molecule has 0 aromatic carbocycles. The van der Waals surface area contributed by atoms with Gasteiger partial charge in [-0.1, -0.05) is 31.6 Å². The lowest BCUT2D eigenvalue weighted by molar-refractivity contribution is -0.135. The minimum absolute atomic E-state index is 0.0909. The van der Waals surface area contributed by atoms with Crippen molar-refractivity contribution in [2.24, 2.45) is 0 Å². The van der Waals surface area contributed by atoms with Crippen LogP contribution in [0.4, 0.5) is 4.79 Å². The summed E-state index contributed by atoms with van der Waals surface area (Å²) < 4.78 is 0. The predicted molar refractivity (Wildman–Crippen MR) is 72.5 cm³/mol. The zero-order valence-electron chi connectivity index (χ0n) is 11.4. The fourth-order valence-electron chi connectivity index (χ4n) is 2.84. The highest BCUT2D eigenvalue weighted by Gasteiger charge is 2.50. The first-order valence-electron chi connectivity index (χ1n) is 6.93. The normalized spacial score (nSPS) is 21.2. The second-order valence-electron chi connectivity index (χ2n) is 5.30. The molecule has 0 aromatic rings. The topological polar surface area (TPSA) is 78.5 Å². The van der Waals surface area contributed by atoms with Crippen LogP contribution in [0.15, 0.2) is 0 Å². The third-order valence-electron chi connectivity index (χ3n) is 3.89. The number of terminal acetylenes is 1. The molecule has 0 unspecified atom stereocenters. The van der Waals surface area contributed by atoms with Crippen molar-refractivity contribution < 1.29 is 14.4 Å². The molecule has 6 nitrogen and oxygen atoms in total. The second kappa shape index (κ2) is 5.95. The Labute approximate surface area is 118 Å². The van der Waals surface area contributed by atoms with Gasteiger partial charge in [0.25, 0.3) is 5.91 Å². The van der Waals surface area contributed by atoms with Gasteiger partial charge in [-0.3, -0.25) is 14.5 Å². The molecule has 2 fully saturated rings. The molecule has 108 valence electrons. The van der Waals surface area contributed by atoms with Crippen molar-refractivity contribution in [2.75, 3.05) is 13.1 Å². The molecule has 1 saturated carbocycles. The van der Waals surface area contributed by atoms with Gasteiger partial charge in [-0.05, 0) is 12.8 Å². The summed E-state index contributed by atoms with van der Waals surface area (Å²) >= 11 is 0. The van der Waals surface area contributed by atoms with E-state index < -0.39 is 17.5 Å². The second-order valence-corrected chi connectivity index (χ2v) is 5.30. The number of rotatable bonds is 3. The minimum atomic E-state index is -0.792. The van der Waals surface area contributed by atoms with Gasteiger partial charge >= 0.3 is 6.03 Å². The number of hydrogen-bond acceptors (Lipinski definition) is 3. The summed E-state index contributed by atoms with van der Waals surface area (Å²) in [4.78, 5) is 37.0. The summed E-state index contributed by atoms with van der Waals surface area (Å²) in [5.41, 5.74) is -0.792. The van der Waals surface area contributed by atoms with Crippen molar-refractivity contribution >= 4 is 17.8 Å². The highest BCUT2D eigenvalue weighted by Crippen LogP contribution is 2.32. The summed E-state index contributed by atoms with van der Waals surface area (Å²) in [5.74, 6) is 1.58. The Morgan fingerprint density at radius 1 is 1.30 bits per heavy atom. The lowest BCUT2D eigenvalue weighted by atomic mass is 9.90. The first-order chi connectivity index (χ1) is 9.59. The van der Waals surface area contributed by atoms with Gasteiger partial charge in [0.15, 0.2) is 0 Å². The van der Waals surface area contributed by atoms with Crippen molar-refractivity contribution in [1.29, 1.82) is 0 Å². The van der Waals surface area contributed by atoms with Gasteiger partial charge in [-0.25, -0.2) is 4.79 Å². The van der Waals surface area contributed by atoms with E-state index in [1.165, 1.54) is 0 Å². The molecule has 2 N–H and O–H groups in total. The van der Waals surface area contributed by atoms with E-state index >= 15 is 0 Å². The zero-order chi connectivity index (χ0) is 14.6. The maximum Gasteiger partial charge on any atom is 0.325 e. The molecule has 1 heterocycles. The fraction of sp³-hybridized carbons (Fsp3) is 0.643. The van der Waals surface area contributed by atoms with Crippen molar-refractivity contribution in [1.82, 2.24) is 15.5 Å². The van der Waals surface area contributed by atoms with Crippen LogP contribution < -0.4 is 10.6 Å². The molecule has 4 amide bonds. The summed E-state index contributed by atoms with van der Waals surface area (Å²) in [5, 5.41) is 5.24. The van der Waals surface area contributed by atoms with Crippen molar-refractivity contribution in [3.05, 3.63) is 0 Å². The Hall–Kier alpha value is -2.03. The third kappa shape index (κ3) is 2.77. The number of nitrogens with one attached hydrogen (secondary N) is 2. The fourth-order valence-corrected chi connectivity index (χ4v) is 2.84. The van der Waals surface area contributed by atoms with Crippen LogP contribution in [0.3, 0.4) is 0 Å². The molecule has 1 aliphatic carbocycles. The number of amides is 4. The Morgan fingerprint density at radius 2 is 1.95 bits per heavy atom. The van der Waals surface area contributed by atoms with Gasteiger partial charge < -0.3 is 10.6 Å². The lowest BCUT2D eigenvalue weighted by Gasteiger charge is -2.24. The van der Waals surface area contributed by atoms with Gasteiger partial charge in [0.05, 0.1) is 6.54 Å². The average molecular weight is 277 g/mol. The monoisotopic (exact) mass is 277 g/mol. The van der Waals surface area contributed by atoms with Crippen LogP contribution in [0, 0.1) is 12.3 Å². The molecular weight excluding hydrogens is 258 g/mol. The van der Waals surface area contributed by atoms with Crippen LogP contribution in [0.1, 0.15) is 38.5 Å². The molecule has 0 aromatic heterocycles. The van der Waals surface area contributed by atoms with E-state index in [2.05, 4.69) is 16.6 Å². The van der Waals surface area contributed by atoms with E-state index in [1.54, 1.807) is 0 Å². The largest absolute Gasteiger partial charge is 0.344 e. The Kier molecular flexibility index (Phi) is 4.28. The number of hydrogen-bond donors (Lipinski definition) is 2. The molecule has 0 radical (unpaired) electrons. The first-order valence-corrected chi connectivity index (χ1v) is 6.93. The van der Waals surface area contributed by atoms with Gasteiger partial charge in [0.1, 0.15) is 12.1 Å². The number of imide groups is 1. The standard InChI is InChI=1S/C14H19N3O3/c1-2-9-15-11(18)10-17-12(19)14(16-13(17)20)7-5-3-4-6-8-14/h1H,3-10H2,(H,15,18)(H,16,20). The average Bonchev–Trinajstić information content (AvgIpc) is 2.63.